The van der Waals surface area contributed by atoms with E-state index in [0.717, 1.165) is 12.5 Å². The second kappa shape index (κ2) is 10.5. The van der Waals surface area contributed by atoms with Crippen LogP contribution in [0.5, 0.6) is 11.5 Å². The van der Waals surface area contributed by atoms with E-state index in [4.69, 9.17) is 25.8 Å². The third-order valence-electron chi connectivity index (χ3n) is 3.44. The van der Waals surface area contributed by atoms with Crippen LogP contribution < -0.4 is 14.8 Å². The van der Waals surface area contributed by atoms with Crippen LogP contribution in [-0.4, -0.2) is 31.7 Å². The quantitative estimate of drug-likeness (QED) is 0.619. The third kappa shape index (κ3) is 6.13. The van der Waals surface area contributed by atoms with E-state index in [0.29, 0.717) is 24.7 Å². The summed E-state index contributed by atoms with van der Waals surface area (Å²) < 4.78 is 29.2. The molecule has 150 valence electrons. The van der Waals surface area contributed by atoms with Crippen molar-refractivity contribution < 1.29 is 28.2 Å². The Morgan fingerprint density at radius 2 is 1.93 bits per heavy atom. The predicted octanol–water partition coefficient (Wildman–Crippen LogP) is 4.46. The van der Waals surface area contributed by atoms with Gasteiger partial charge in [0, 0.05) is 5.69 Å². The number of hydrogen-bond donors (Lipinski definition) is 1. The van der Waals surface area contributed by atoms with E-state index in [1.807, 2.05) is 6.92 Å². The van der Waals surface area contributed by atoms with Crippen LogP contribution in [0.25, 0.3) is 0 Å². The zero-order valence-corrected chi connectivity index (χ0v) is 16.3. The number of rotatable bonds is 9. The van der Waals surface area contributed by atoms with Crippen LogP contribution in [0.15, 0.2) is 36.4 Å². The topological polar surface area (TPSA) is 73.9 Å². The summed E-state index contributed by atoms with van der Waals surface area (Å²) in [5.74, 6) is -1.17. The molecular formula is C20H21ClFNO5. The second-order valence-corrected chi connectivity index (χ2v) is 6.11. The minimum absolute atomic E-state index is 0.121. The van der Waals surface area contributed by atoms with Crippen molar-refractivity contribution in [3.8, 4) is 11.5 Å². The van der Waals surface area contributed by atoms with Gasteiger partial charge in [-0.3, -0.25) is 4.79 Å². The molecule has 0 aliphatic carbocycles. The van der Waals surface area contributed by atoms with E-state index in [1.165, 1.54) is 30.3 Å². The zero-order chi connectivity index (χ0) is 20.5. The van der Waals surface area contributed by atoms with E-state index >= 15 is 0 Å². The molecule has 0 atom stereocenters. The minimum atomic E-state index is -0.751. The highest BCUT2D eigenvalue weighted by atomic mass is 35.5. The third-order valence-corrected chi connectivity index (χ3v) is 3.72. The van der Waals surface area contributed by atoms with Gasteiger partial charge in [0.05, 0.1) is 23.8 Å². The number of hydrogen-bond acceptors (Lipinski definition) is 5. The van der Waals surface area contributed by atoms with Crippen LogP contribution in [0, 0.1) is 5.82 Å². The molecule has 0 saturated heterocycles. The largest absolute Gasteiger partial charge is 0.490 e. The Balaban J connectivity index is 2.03. The van der Waals surface area contributed by atoms with Crippen molar-refractivity contribution in [1.29, 1.82) is 0 Å². The molecule has 1 amide bonds. The molecule has 0 bridgehead atoms. The number of carbonyl (C=O) groups is 2. The van der Waals surface area contributed by atoms with Crippen LogP contribution >= 0.6 is 11.6 Å². The van der Waals surface area contributed by atoms with Gasteiger partial charge in [-0.25, -0.2) is 9.18 Å². The molecule has 2 rings (SSSR count). The normalized spacial score (nSPS) is 10.3. The fraction of sp³-hybridized carbons (Fsp3) is 0.300. The summed E-state index contributed by atoms with van der Waals surface area (Å²) >= 11 is 6.21. The number of nitrogens with one attached hydrogen (secondary N) is 1. The van der Waals surface area contributed by atoms with Crippen molar-refractivity contribution in [3.63, 3.8) is 0 Å². The molecule has 28 heavy (non-hydrogen) atoms. The molecule has 0 saturated carbocycles. The lowest BCUT2D eigenvalue weighted by Crippen LogP contribution is -2.21. The van der Waals surface area contributed by atoms with Gasteiger partial charge in [0.25, 0.3) is 5.91 Å². The van der Waals surface area contributed by atoms with Crippen LogP contribution in [-0.2, 0) is 9.53 Å². The standard InChI is InChI=1S/C20H21ClFNO5/c1-3-8-27-19-16(21)9-13(10-17(19)26-4-2)20(25)28-12-18(24)23-15-7-5-6-14(22)11-15/h5-7,9-11H,3-4,8,12H2,1-2H3,(H,23,24). The highest BCUT2D eigenvalue weighted by Gasteiger charge is 2.18. The summed E-state index contributed by atoms with van der Waals surface area (Å²) in [4.78, 5) is 24.2. The van der Waals surface area contributed by atoms with Crippen molar-refractivity contribution >= 4 is 29.2 Å². The van der Waals surface area contributed by atoms with Gasteiger partial charge in [-0.05, 0) is 43.7 Å². The second-order valence-electron chi connectivity index (χ2n) is 5.70. The average molecular weight is 410 g/mol. The summed E-state index contributed by atoms with van der Waals surface area (Å²) in [6, 6.07) is 8.23. The van der Waals surface area contributed by atoms with Gasteiger partial charge in [0.2, 0.25) is 0 Å². The predicted molar refractivity (Wildman–Crippen MR) is 104 cm³/mol. The lowest BCUT2D eigenvalue weighted by Gasteiger charge is -2.14. The van der Waals surface area contributed by atoms with Crippen molar-refractivity contribution in [3.05, 3.63) is 52.8 Å². The van der Waals surface area contributed by atoms with Gasteiger partial charge in [-0.15, -0.1) is 0 Å². The lowest BCUT2D eigenvalue weighted by atomic mass is 10.2. The van der Waals surface area contributed by atoms with E-state index in [9.17, 15) is 14.0 Å². The number of benzene rings is 2. The maximum absolute atomic E-state index is 13.1. The van der Waals surface area contributed by atoms with E-state index in [-0.39, 0.29) is 16.3 Å². The molecule has 0 aliphatic rings. The molecule has 0 aromatic heterocycles. The molecule has 6 nitrogen and oxygen atoms in total. The molecular weight excluding hydrogens is 389 g/mol. The maximum Gasteiger partial charge on any atom is 0.338 e. The summed E-state index contributed by atoms with van der Waals surface area (Å²) in [5, 5.41) is 2.64. The monoisotopic (exact) mass is 409 g/mol. The van der Waals surface area contributed by atoms with Crippen LogP contribution in [0.3, 0.4) is 0 Å². The smallest absolute Gasteiger partial charge is 0.338 e. The molecule has 1 N–H and O–H groups in total. The summed E-state index contributed by atoms with van der Waals surface area (Å²) in [5.41, 5.74) is 0.385. The summed E-state index contributed by atoms with van der Waals surface area (Å²) in [7, 11) is 0. The number of ether oxygens (including phenoxy) is 3. The molecule has 0 radical (unpaired) electrons. The van der Waals surface area contributed by atoms with E-state index in [2.05, 4.69) is 5.32 Å². The molecule has 0 aliphatic heterocycles. The number of esters is 1. The van der Waals surface area contributed by atoms with Gasteiger partial charge in [-0.1, -0.05) is 24.6 Å². The van der Waals surface area contributed by atoms with Crippen molar-refractivity contribution in [2.75, 3.05) is 25.1 Å². The van der Waals surface area contributed by atoms with Gasteiger partial charge in [0.15, 0.2) is 18.1 Å². The average Bonchev–Trinajstić information content (AvgIpc) is 2.65. The Hall–Kier alpha value is -2.80. The minimum Gasteiger partial charge on any atom is -0.490 e. The Kier molecular flexibility index (Phi) is 8.07. The SMILES string of the molecule is CCCOc1c(Cl)cc(C(=O)OCC(=O)Nc2cccc(F)c2)cc1OCC. The van der Waals surface area contributed by atoms with Gasteiger partial charge in [-0.2, -0.15) is 0 Å². The fourth-order valence-corrected chi connectivity index (χ4v) is 2.54. The Labute approximate surface area is 167 Å². The van der Waals surface area contributed by atoms with Crippen molar-refractivity contribution in [2.24, 2.45) is 0 Å². The first kappa shape index (κ1) is 21.5. The van der Waals surface area contributed by atoms with E-state index in [1.54, 1.807) is 6.92 Å². The van der Waals surface area contributed by atoms with Gasteiger partial charge < -0.3 is 19.5 Å². The molecule has 2 aromatic rings. The zero-order valence-electron chi connectivity index (χ0n) is 15.6. The molecule has 0 fully saturated rings. The molecule has 2 aromatic carbocycles. The van der Waals surface area contributed by atoms with Crippen molar-refractivity contribution in [2.45, 2.75) is 20.3 Å². The highest BCUT2D eigenvalue weighted by Crippen LogP contribution is 2.37. The Morgan fingerprint density at radius 1 is 1.14 bits per heavy atom. The molecule has 0 heterocycles. The first-order valence-electron chi connectivity index (χ1n) is 8.76. The van der Waals surface area contributed by atoms with Gasteiger partial charge >= 0.3 is 5.97 Å². The highest BCUT2D eigenvalue weighted by molar-refractivity contribution is 6.32. The lowest BCUT2D eigenvalue weighted by molar-refractivity contribution is -0.119. The van der Waals surface area contributed by atoms with Crippen LogP contribution in [0.1, 0.15) is 30.6 Å². The fourth-order valence-electron chi connectivity index (χ4n) is 2.27. The summed E-state index contributed by atoms with van der Waals surface area (Å²) in [6.45, 7) is 4.01. The maximum atomic E-state index is 13.1. The van der Waals surface area contributed by atoms with Gasteiger partial charge in [0.1, 0.15) is 5.82 Å². The van der Waals surface area contributed by atoms with E-state index < -0.39 is 24.3 Å². The Morgan fingerprint density at radius 3 is 2.61 bits per heavy atom. The molecule has 8 heteroatoms. The number of carbonyl (C=O) groups excluding carboxylic acids is 2. The summed E-state index contributed by atoms with van der Waals surface area (Å²) in [6.07, 6.45) is 0.784. The Bertz CT molecular complexity index is 843. The molecule has 0 spiro atoms. The van der Waals surface area contributed by atoms with Crippen LogP contribution in [0.4, 0.5) is 10.1 Å². The number of halogens is 2. The number of anilines is 1. The molecule has 0 unspecified atom stereocenters. The first-order valence-corrected chi connectivity index (χ1v) is 9.14. The first-order chi connectivity index (χ1) is 13.4. The van der Waals surface area contributed by atoms with Crippen LogP contribution in [0.2, 0.25) is 5.02 Å². The van der Waals surface area contributed by atoms with Crippen molar-refractivity contribution in [1.82, 2.24) is 0 Å². The number of amides is 1.